The number of nitrogens with zero attached hydrogens (tertiary/aromatic N) is 1. The molecule has 0 fully saturated rings. The summed E-state index contributed by atoms with van der Waals surface area (Å²) in [5.74, 6) is 0. The monoisotopic (exact) mass is 263 g/mol. The molecule has 1 aromatic carbocycles. The van der Waals surface area contributed by atoms with Crippen LogP contribution >= 0.6 is 23.4 Å². The molecule has 0 amide bonds. The van der Waals surface area contributed by atoms with Crippen LogP contribution in [0.25, 0.3) is 6.08 Å². The van der Waals surface area contributed by atoms with Gasteiger partial charge in [0.1, 0.15) is 6.07 Å². The molecule has 1 rings (SSSR count). The van der Waals surface area contributed by atoms with Crippen LogP contribution in [0, 0.1) is 11.3 Å². The van der Waals surface area contributed by atoms with Gasteiger partial charge in [-0.1, -0.05) is 23.7 Å². The quantitative estimate of drug-likeness (QED) is 0.736. The van der Waals surface area contributed by atoms with Gasteiger partial charge in [0.2, 0.25) is 0 Å². The second-order valence-electron chi connectivity index (χ2n) is 2.72. The fraction of sp³-hybridized carbons (Fsp3) is 0.100. The molecule has 0 heterocycles. The van der Waals surface area contributed by atoms with E-state index in [-0.39, 0.29) is 0 Å². The number of nitriles is 1. The molecule has 84 valence electrons. The second-order valence-corrected chi connectivity index (χ2v) is 4.26. The number of halogens is 4. The summed E-state index contributed by atoms with van der Waals surface area (Å²) >= 11 is 5.19. The Balaban J connectivity index is 2.89. The number of alkyl halides is 3. The maximum Gasteiger partial charge on any atom is 0.447 e. The fourth-order valence-electron chi connectivity index (χ4n) is 0.920. The molecule has 0 aliphatic rings. The van der Waals surface area contributed by atoms with Crippen molar-refractivity contribution in [1.82, 2.24) is 0 Å². The van der Waals surface area contributed by atoms with Crippen molar-refractivity contribution >= 4 is 29.4 Å². The average Bonchev–Trinajstić information content (AvgIpc) is 2.18. The third-order valence-electron chi connectivity index (χ3n) is 1.50. The molecule has 0 spiro atoms. The minimum atomic E-state index is -4.45. The van der Waals surface area contributed by atoms with Crippen molar-refractivity contribution in [3.05, 3.63) is 39.8 Å². The number of rotatable bonds is 2. The molecule has 16 heavy (non-hydrogen) atoms. The van der Waals surface area contributed by atoms with Crippen LogP contribution in [0.3, 0.4) is 0 Å². The van der Waals surface area contributed by atoms with E-state index >= 15 is 0 Å². The minimum Gasteiger partial charge on any atom is -0.192 e. The summed E-state index contributed by atoms with van der Waals surface area (Å²) in [5.41, 5.74) is -3.95. The van der Waals surface area contributed by atoms with E-state index in [4.69, 9.17) is 16.9 Å². The van der Waals surface area contributed by atoms with Gasteiger partial charge in [0.05, 0.1) is 4.91 Å². The number of allylic oxidation sites excluding steroid dienone is 1. The maximum absolute atomic E-state index is 12.0. The van der Waals surface area contributed by atoms with Gasteiger partial charge in [0, 0.05) is 5.02 Å². The minimum absolute atomic E-state index is 0.408. The molecule has 0 aromatic heterocycles. The molecule has 0 atom stereocenters. The first-order valence-electron chi connectivity index (χ1n) is 4.04. The lowest BCUT2D eigenvalue weighted by Gasteiger charge is -2.03. The molecule has 1 aromatic rings. The van der Waals surface area contributed by atoms with E-state index in [0.29, 0.717) is 10.6 Å². The van der Waals surface area contributed by atoms with Crippen LogP contribution in [0.1, 0.15) is 5.56 Å². The Labute approximate surface area is 99.5 Å². The Bertz CT molecular complexity index is 431. The van der Waals surface area contributed by atoms with Crippen LogP contribution in [-0.4, -0.2) is 5.51 Å². The lowest BCUT2D eigenvalue weighted by Crippen LogP contribution is -1.99. The van der Waals surface area contributed by atoms with E-state index < -0.39 is 22.2 Å². The van der Waals surface area contributed by atoms with E-state index in [1.807, 2.05) is 0 Å². The third-order valence-corrected chi connectivity index (χ3v) is 2.42. The van der Waals surface area contributed by atoms with Crippen molar-refractivity contribution in [1.29, 1.82) is 5.26 Å². The summed E-state index contributed by atoms with van der Waals surface area (Å²) in [6, 6.07) is 7.65. The Morgan fingerprint density at radius 3 is 2.31 bits per heavy atom. The number of hydrogen-bond acceptors (Lipinski definition) is 2. The van der Waals surface area contributed by atoms with Crippen molar-refractivity contribution in [3.63, 3.8) is 0 Å². The van der Waals surface area contributed by atoms with Crippen LogP contribution < -0.4 is 0 Å². The molecular formula is C10H5ClF3NS. The van der Waals surface area contributed by atoms with E-state index in [1.54, 1.807) is 12.1 Å². The Hall–Kier alpha value is -1.12. The zero-order valence-electron chi connectivity index (χ0n) is 7.75. The first kappa shape index (κ1) is 12.9. The third kappa shape index (κ3) is 4.60. The molecule has 0 N–H and O–H groups in total. The highest BCUT2D eigenvalue weighted by Crippen LogP contribution is 2.36. The zero-order valence-corrected chi connectivity index (χ0v) is 9.33. The lowest BCUT2D eigenvalue weighted by molar-refractivity contribution is -0.0321. The van der Waals surface area contributed by atoms with Gasteiger partial charge in [-0.2, -0.15) is 18.4 Å². The highest BCUT2D eigenvalue weighted by atomic mass is 35.5. The van der Waals surface area contributed by atoms with E-state index in [9.17, 15) is 13.2 Å². The summed E-state index contributed by atoms with van der Waals surface area (Å²) in [6.45, 7) is 0. The molecule has 0 bridgehead atoms. The summed E-state index contributed by atoms with van der Waals surface area (Å²) in [6.07, 6.45) is 1.16. The van der Waals surface area contributed by atoms with Crippen LogP contribution in [0.15, 0.2) is 29.2 Å². The topological polar surface area (TPSA) is 23.8 Å². The van der Waals surface area contributed by atoms with E-state index in [2.05, 4.69) is 0 Å². The summed E-state index contributed by atoms with van der Waals surface area (Å²) in [4.78, 5) is -0.408. The van der Waals surface area contributed by atoms with Gasteiger partial charge in [-0.25, -0.2) is 0 Å². The predicted molar refractivity (Wildman–Crippen MR) is 58.7 cm³/mol. The first-order valence-corrected chi connectivity index (χ1v) is 5.23. The fourth-order valence-corrected chi connectivity index (χ4v) is 1.54. The van der Waals surface area contributed by atoms with Gasteiger partial charge in [-0.3, -0.25) is 0 Å². The molecule has 1 nitrogen and oxygen atoms in total. The van der Waals surface area contributed by atoms with Crippen LogP contribution in [0.5, 0.6) is 0 Å². The molecule has 0 unspecified atom stereocenters. The largest absolute Gasteiger partial charge is 0.447 e. The van der Waals surface area contributed by atoms with Crippen molar-refractivity contribution in [2.24, 2.45) is 0 Å². The van der Waals surface area contributed by atoms with E-state index in [0.717, 1.165) is 6.08 Å². The molecule has 0 saturated carbocycles. The van der Waals surface area contributed by atoms with Crippen molar-refractivity contribution in [2.45, 2.75) is 5.51 Å². The van der Waals surface area contributed by atoms with Gasteiger partial charge in [0.15, 0.2) is 0 Å². The average molecular weight is 264 g/mol. The van der Waals surface area contributed by atoms with E-state index in [1.165, 1.54) is 18.2 Å². The van der Waals surface area contributed by atoms with Crippen LogP contribution in [0.4, 0.5) is 13.2 Å². The normalized spacial score (nSPS) is 12.3. The Morgan fingerprint density at radius 2 is 1.88 bits per heavy atom. The summed E-state index contributed by atoms with van der Waals surface area (Å²) < 4.78 is 36.0. The number of thioether (sulfide) groups is 1. The number of benzene rings is 1. The highest BCUT2D eigenvalue weighted by Gasteiger charge is 2.30. The summed E-state index contributed by atoms with van der Waals surface area (Å²) in [7, 11) is 0. The second kappa shape index (κ2) is 5.28. The first-order chi connectivity index (χ1) is 7.40. The smallest absolute Gasteiger partial charge is 0.192 e. The molecule has 0 radical (unpaired) electrons. The van der Waals surface area contributed by atoms with Gasteiger partial charge in [-0.15, -0.1) is 0 Å². The zero-order chi connectivity index (χ0) is 12.2. The van der Waals surface area contributed by atoms with Crippen molar-refractivity contribution in [2.75, 3.05) is 0 Å². The highest BCUT2D eigenvalue weighted by molar-refractivity contribution is 8.04. The van der Waals surface area contributed by atoms with Gasteiger partial charge >= 0.3 is 5.51 Å². The number of hydrogen-bond donors (Lipinski definition) is 0. The summed E-state index contributed by atoms with van der Waals surface area (Å²) in [5, 5.41) is 9.03. The molecule has 0 saturated heterocycles. The Morgan fingerprint density at radius 1 is 1.31 bits per heavy atom. The van der Waals surface area contributed by atoms with Gasteiger partial charge < -0.3 is 0 Å². The lowest BCUT2D eigenvalue weighted by atomic mass is 10.2. The standard InChI is InChI=1S/C10H5ClF3NS/c11-8-3-1-7(2-4-8)5-9(6-15)16-10(12,13)14/h1-5H/b9-5+. The van der Waals surface area contributed by atoms with Gasteiger partial charge in [-0.05, 0) is 35.5 Å². The van der Waals surface area contributed by atoms with Crippen molar-refractivity contribution < 1.29 is 13.2 Å². The molecular weight excluding hydrogens is 259 g/mol. The van der Waals surface area contributed by atoms with Crippen LogP contribution in [0.2, 0.25) is 5.02 Å². The Kier molecular flexibility index (Phi) is 4.27. The van der Waals surface area contributed by atoms with Gasteiger partial charge in [0.25, 0.3) is 0 Å². The maximum atomic E-state index is 12.0. The van der Waals surface area contributed by atoms with Crippen molar-refractivity contribution in [3.8, 4) is 6.07 Å². The predicted octanol–water partition coefficient (Wildman–Crippen LogP) is 4.46. The molecule has 6 heteroatoms. The van der Waals surface area contributed by atoms with Crippen LogP contribution in [-0.2, 0) is 0 Å². The molecule has 0 aliphatic carbocycles. The molecule has 0 aliphatic heterocycles. The SMILES string of the molecule is N#C/C(=C\c1ccc(Cl)cc1)SC(F)(F)F.